The van der Waals surface area contributed by atoms with E-state index in [0.29, 0.717) is 24.7 Å². The minimum atomic E-state index is -0.906. The van der Waals surface area contributed by atoms with Crippen molar-refractivity contribution in [2.75, 3.05) is 20.5 Å². The minimum Gasteiger partial charge on any atom is -0.493 e. The number of imidazole rings is 1. The van der Waals surface area contributed by atoms with Crippen molar-refractivity contribution >= 4 is 12.1 Å². The molecule has 1 aromatic heterocycles. The Morgan fingerprint density at radius 2 is 2.00 bits per heavy atom. The minimum absolute atomic E-state index is 0.231. The van der Waals surface area contributed by atoms with E-state index in [9.17, 15) is 9.59 Å². The van der Waals surface area contributed by atoms with Gasteiger partial charge in [-0.15, -0.1) is 0 Å². The first-order valence-electron chi connectivity index (χ1n) is 8.26. The first-order valence-corrected chi connectivity index (χ1v) is 8.26. The molecule has 9 nitrogen and oxygen atoms in total. The molecule has 146 valence electrons. The number of esters is 1. The summed E-state index contributed by atoms with van der Waals surface area (Å²) >= 11 is 0. The van der Waals surface area contributed by atoms with Crippen molar-refractivity contribution in [3.05, 3.63) is 42.5 Å². The molecule has 2 rings (SSSR count). The Bertz CT molecular complexity index is 744. The lowest BCUT2D eigenvalue weighted by atomic mass is 10.2. The van der Waals surface area contributed by atoms with E-state index in [0.717, 1.165) is 0 Å². The predicted molar refractivity (Wildman–Crippen MR) is 93.7 cm³/mol. The lowest BCUT2D eigenvalue weighted by Gasteiger charge is -2.12. The number of benzene rings is 1. The number of carbonyl (C=O) groups excluding carboxylic acids is 2. The van der Waals surface area contributed by atoms with Gasteiger partial charge in [0.1, 0.15) is 6.61 Å². The Balaban J connectivity index is 1.86. The van der Waals surface area contributed by atoms with Gasteiger partial charge in [-0.25, -0.2) is 14.6 Å². The molecule has 0 spiro atoms. The summed E-state index contributed by atoms with van der Waals surface area (Å²) in [6.45, 7) is 3.84. The molecule has 2 aromatic rings. The second kappa shape index (κ2) is 10.0. The van der Waals surface area contributed by atoms with Gasteiger partial charge >= 0.3 is 12.1 Å². The third-order valence-corrected chi connectivity index (χ3v) is 3.26. The summed E-state index contributed by atoms with van der Waals surface area (Å²) in [7, 11) is 1.47. The number of ether oxygens (including phenoxy) is 5. The van der Waals surface area contributed by atoms with Crippen LogP contribution >= 0.6 is 0 Å². The van der Waals surface area contributed by atoms with Crippen LogP contribution in [0.2, 0.25) is 0 Å². The highest BCUT2D eigenvalue weighted by Gasteiger charge is 2.14. The summed E-state index contributed by atoms with van der Waals surface area (Å²) in [6, 6.07) is 4.63. The van der Waals surface area contributed by atoms with E-state index in [-0.39, 0.29) is 11.7 Å². The maximum Gasteiger partial charge on any atom is 0.511 e. The topological polar surface area (TPSA) is 98.1 Å². The smallest absolute Gasteiger partial charge is 0.493 e. The first-order chi connectivity index (χ1) is 13.0. The summed E-state index contributed by atoms with van der Waals surface area (Å²) in [4.78, 5) is 27.2. The number of aromatic nitrogens is 2. The van der Waals surface area contributed by atoms with Crippen LogP contribution in [0.3, 0.4) is 0 Å². The van der Waals surface area contributed by atoms with Gasteiger partial charge in [0.25, 0.3) is 0 Å². The fourth-order valence-corrected chi connectivity index (χ4v) is 2.03. The molecule has 27 heavy (non-hydrogen) atoms. The van der Waals surface area contributed by atoms with E-state index in [2.05, 4.69) is 9.72 Å². The molecule has 1 aromatic carbocycles. The number of nitrogens with zero attached hydrogens (tertiary/aromatic N) is 2. The van der Waals surface area contributed by atoms with Crippen LogP contribution in [0.4, 0.5) is 4.79 Å². The Hall–Kier alpha value is -3.23. The van der Waals surface area contributed by atoms with Gasteiger partial charge in [0.2, 0.25) is 6.79 Å². The second-order valence-electron chi connectivity index (χ2n) is 5.63. The lowest BCUT2D eigenvalue weighted by molar-refractivity contribution is -0.0344. The van der Waals surface area contributed by atoms with Crippen molar-refractivity contribution in [2.24, 2.45) is 0 Å². The van der Waals surface area contributed by atoms with Crippen LogP contribution in [0.1, 0.15) is 24.2 Å². The Morgan fingerprint density at radius 1 is 1.19 bits per heavy atom. The van der Waals surface area contributed by atoms with E-state index in [4.69, 9.17) is 18.9 Å². The third-order valence-electron chi connectivity index (χ3n) is 3.26. The maximum absolute atomic E-state index is 12.0. The molecule has 1 heterocycles. The van der Waals surface area contributed by atoms with Crippen molar-refractivity contribution in [3.8, 4) is 11.5 Å². The highest BCUT2D eigenvalue weighted by molar-refractivity contribution is 5.90. The van der Waals surface area contributed by atoms with Crippen molar-refractivity contribution in [1.29, 1.82) is 0 Å². The molecular weight excluding hydrogens is 356 g/mol. The first kappa shape index (κ1) is 20.1. The third kappa shape index (κ3) is 6.53. The van der Waals surface area contributed by atoms with Crippen molar-refractivity contribution < 1.29 is 33.3 Å². The van der Waals surface area contributed by atoms with Crippen LogP contribution in [0.5, 0.6) is 11.5 Å². The molecule has 0 unspecified atom stereocenters. The average Bonchev–Trinajstić information content (AvgIpc) is 3.14. The highest BCUT2D eigenvalue weighted by atomic mass is 16.8. The van der Waals surface area contributed by atoms with Gasteiger partial charge in [-0.2, -0.15) is 0 Å². The number of hydrogen-bond acceptors (Lipinski definition) is 8. The largest absolute Gasteiger partial charge is 0.511 e. The van der Waals surface area contributed by atoms with Crippen molar-refractivity contribution in [1.82, 2.24) is 9.55 Å². The molecule has 0 atom stereocenters. The molecule has 0 amide bonds. The standard InChI is InChI=1S/C18H22N2O7/c1-13(2)27-18(22)26-12-25-17(21)14-4-5-15(16(10-14)23-3)24-9-8-20-7-6-19-11-20/h4-7,10-11,13H,8-9,12H2,1-3H3. The molecule has 0 aliphatic rings. The van der Waals surface area contributed by atoms with Gasteiger partial charge in [-0.1, -0.05) is 0 Å². The molecule has 0 radical (unpaired) electrons. The van der Waals surface area contributed by atoms with Crippen LogP contribution in [0, 0.1) is 0 Å². The van der Waals surface area contributed by atoms with Gasteiger partial charge in [-0.05, 0) is 32.0 Å². The van der Waals surface area contributed by atoms with Crippen LogP contribution in [-0.4, -0.2) is 48.3 Å². The van der Waals surface area contributed by atoms with Crippen LogP contribution in [0.15, 0.2) is 36.9 Å². The number of rotatable bonds is 9. The van der Waals surface area contributed by atoms with Crippen LogP contribution in [-0.2, 0) is 20.8 Å². The number of carbonyl (C=O) groups is 2. The summed E-state index contributed by atoms with van der Waals surface area (Å²) in [6.07, 6.45) is 3.99. The molecule has 0 N–H and O–H groups in total. The summed E-state index contributed by atoms with van der Waals surface area (Å²) in [5.74, 6) is 0.205. The zero-order valence-electron chi connectivity index (χ0n) is 15.4. The van der Waals surface area contributed by atoms with Crippen molar-refractivity contribution in [3.63, 3.8) is 0 Å². The average molecular weight is 378 g/mol. The normalized spacial score (nSPS) is 10.4. The van der Waals surface area contributed by atoms with Gasteiger partial charge in [0.05, 0.1) is 31.6 Å². The fraction of sp³-hybridized carbons (Fsp3) is 0.389. The molecule has 0 aliphatic carbocycles. The van der Waals surface area contributed by atoms with E-state index in [1.165, 1.54) is 19.2 Å². The molecule has 9 heteroatoms. The molecule has 0 bridgehead atoms. The van der Waals surface area contributed by atoms with Crippen molar-refractivity contribution in [2.45, 2.75) is 26.5 Å². The van der Waals surface area contributed by atoms with E-state index >= 15 is 0 Å². The monoisotopic (exact) mass is 378 g/mol. The zero-order valence-corrected chi connectivity index (χ0v) is 15.4. The molecule has 0 aliphatic heterocycles. The summed E-state index contributed by atoms with van der Waals surface area (Å²) in [5.41, 5.74) is 0.231. The fourth-order valence-electron chi connectivity index (χ4n) is 2.03. The van der Waals surface area contributed by atoms with Gasteiger partial charge < -0.3 is 28.3 Å². The second-order valence-corrected chi connectivity index (χ2v) is 5.63. The van der Waals surface area contributed by atoms with E-state index in [1.54, 1.807) is 32.4 Å². The SMILES string of the molecule is COc1cc(C(=O)OCOC(=O)OC(C)C)ccc1OCCn1ccnc1. The van der Waals surface area contributed by atoms with Crippen LogP contribution < -0.4 is 9.47 Å². The molecule has 0 fully saturated rings. The van der Waals surface area contributed by atoms with Gasteiger partial charge in [-0.3, -0.25) is 0 Å². The Kier molecular flexibility index (Phi) is 7.48. The Morgan fingerprint density at radius 3 is 2.67 bits per heavy atom. The molecule has 0 saturated carbocycles. The number of hydrogen-bond donors (Lipinski definition) is 0. The Labute approximate surface area is 156 Å². The number of methoxy groups -OCH3 is 1. The summed E-state index contributed by atoms with van der Waals surface area (Å²) in [5, 5.41) is 0. The maximum atomic E-state index is 12.0. The summed E-state index contributed by atoms with van der Waals surface area (Å²) < 4.78 is 27.1. The molecule has 0 saturated heterocycles. The highest BCUT2D eigenvalue weighted by Crippen LogP contribution is 2.28. The van der Waals surface area contributed by atoms with E-state index in [1.807, 2.05) is 10.8 Å². The van der Waals surface area contributed by atoms with E-state index < -0.39 is 18.9 Å². The zero-order chi connectivity index (χ0) is 19.6. The van der Waals surface area contributed by atoms with Crippen LogP contribution in [0.25, 0.3) is 0 Å². The quantitative estimate of drug-likeness (QED) is 0.485. The predicted octanol–water partition coefficient (Wildman–Crippen LogP) is 2.65. The lowest BCUT2D eigenvalue weighted by Crippen LogP contribution is -2.17. The van der Waals surface area contributed by atoms with Gasteiger partial charge in [0, 0.05) is 12.4 Å². The molecular formula is C18H22N2O7. The van der Waals surface area contributed by atoms with Gasteiger partial charge in [0.15, 0.2) is 11.5 Å².